The quantitative estimate of drug-likeness (QED) is 0.239. The molecule has 3 heterocycles. The molecule has 0 fully saturated rings. The Morgan fingerprint density at radius 2 is 1.86 bits per heavy atom. The van der Waals surface area contributed by atoms with Gasteiger partial charge in [0.25, 0.3) is 5.91 Å². The maximum absolute atomic E-state index is 12.6. The van der Waals surface area contributed by atoms with Crippen LogP contribution in [-0.4, -0.2) is 52.6 Å². The number of hydrogen-bond donors (Lipinski definition) is 1. The van der Waals surface area contributed by atoms with Crippen LogP contribution in [0.3, 0.4) is 0 Å². The molecular weight excluding hydrogens is 478 g/mol. The van der Waals surface area contributed by atoms with E-state index in [1.165, 1.54) is 6.07 Å². The number of nitrogens with one attached hydrogen (secondary N) is 1. The normalized spacial score (nSPS) is 11.0. The van der Waals surface area contributed by atoms with E-state index in [0.29, 0.717) is 46.4 Å². The smallest absolute Gasteiger partial charge is 0.349 e. The third-order valence-corrected chi connectivity index (χ3v) is 5.49. The second-order valence-corrected chi connectivity index (χ2v) is 7.82. The maximum Gasteiger partial charge on any atom is 0.349 e. The summed E-state index contributed by atoms with van der Waals surface area (Å²) < 4.78 is 23.5. The summed E-state index contributed by atoms with van der Waals surface area (Å²) in [5.74, 6) is 1.33. The van der Waals surface area contributed by atoms with E-state index in [1.807, 2.05) is 31.2 Å². The Kier molecular flexibility index (Phi) is 6.66. The molecule has 2 aromatic carbocycles. The monoisotopic (exact) mass is 501 g/mol. The van der Waals surface area contributed by atoms with Crippen molar-refractivity contribution in [2.75, 3.05) is 26.9 Å². The number of para-hydroxylation sites is 2. The number of aromatic nitrogens is 4. The Labute approximate surface area is 210 Å². The fourth-order valence-electron chi connectivity index (χ4n) is 3.81. The maximum atomic E-state index is 12.6. The van der Waals surface area contributed by atoms with E-state index >= 15 is 0 Å². The summed E-state index contributed by atoms with van der Waals surface area (Å²) in [4.78, 5) is 25.1. The van der Waals surface area contributed by atoms with E-state index in [9.17, 15) is 9.59 Å². The van der Waals surface area contributed by atoms with E-state index in [-0.39, 0.29) is 18.7 Å². The highest BCUT2D eigenvalue weighted by Gasteiger charge is 2.16. The highest BCUT2D eigenvalue weighted by Crippen LogP contribution is 2.28. The summed E-state index contributed by atoms with van der Waals surface area (Å²) in [5, 5.41) is 16.1. The molecule has 0 saturated heterocycles. The van der Waals surface area contributed by atoms with Crippen LogP contribution in [-0.2, 0) is 0 Å². The minimum atomic E-state index is -0.748. The van der Waals surface area contributed by atoms with E-state index < -0.39 is 11.5 Å². The number of carbonyl (C=O) groups is 1. The lowest BCUT2D eigenvalue weighted by Crippen LogP contribution is -2.31. The number of nitrogens with zero attached hydrogens (tertiary/aromatic N) is 4. The summed E-state index contributed by atoms with van der Waals surface area (Å²) in [5.41, 5.74) is 0.722. The number of carbonyl (C=O) groups excluding carboxylic acids is 1. The van der Waals surface area contributed by atoms with Crippen molar-refractivity contribution in [2.45, 2.75) is 6.92 Å². The van der Waals surface area contributed by atoms with Crippen molar-refractivity contribution in [3.63, 3.8) is 0 Å². The van der Waals surface area contributed by atoms with E-state index in [1.54, 1.807) is 42.0 Å². The number of methoxy groups -OCH3 is 1. The number of hydrogen-bond acceptors (Lipinski definition) is 9. The molecule has 0 spiro atoms. The van der Waals surface area contributed by atoms with Crippen LogP contribution in [0.15, 0.2) is 69.9 Å². The van der Waals surface area contributed by atoms with Gasteiger partial charge in [0.2, 0.25) is 5.88 Å². The van der Waals surface area contributed by atoms with Gasteiger partial charge in [0.15, 0.2) is 22.8 Å². The lowest BCUT2D eigenvalue weighted by atomic mass is 10.1. The standard InChI is InChI=1S/C26H23N5O6/c1-3-35-20-10-6-7-16-15-18(26(33)37-23(16)20)25(32)27-13-14-36-22-12-11-21-28-29-24(31(21)30-22)17-8-4-5-9-19(17)34-2/h4-12,15H,3,13-14H2,1-2H3,(H,27,32). The van der Waals surface area contributed by atoms with Crippen LogP contribution in [0.5, 0.6) is 17.4 Å². The predicted molar refractivity (Wildman–Crippen MR) is 134 cm³/mol. The Hall–Kier alpha value is -4.93. The summed E-state index contributed by atoms with van der Waals surface area (Å²) >= 11 is 0. The van der Waals surface area contributed by atoms with Crippen molar-refractivity contribution < 1.29 is 23.4 Å². The molecule has 5 rings (SSSR count). The zero-order chi connectivity index (χ0) is 25.8. The Balaban J connectivity index is 1.26. The van der Waals surface area contributed by atoms with Gasteiger partial charge in [0.05, 0.1) is 25.8 Å². The molecule has 37 heavy (non-hydrogen) atoms. The first kappa shape index (κ1) is 23.8. The second kappa shape index (κ2) is 10.4. The highest BCUT2D eigenvalue weighted by atomic mass is 16.5. The molecule has 0 unspecified atom stereocenters. The SMILES string of the molecule is CCOc1cccc2cc(C(=O)NCCOc3ccc4nnc(-c5ccccc5OC)n4n3)c(=O)oc12. The molecule has 1 N–H and O–H groups in total. The van der Waals surface area contributed by atoms with Gasteiger partial charge in [-0.1, -0.05) is 24.3 Å². The number of amides is 1. The largest absolute Gasteiger partial charge is 0.496 e. The fourth-order valence-corrected chi connectivity index (χ4v) is 3.81. The summed E-state index contributed by atoms with van der Waals surface area (Å²) in [6.45, 7) is 2.51. The number of fused-ring (bicyclic) bond motifs is 2. The third-order valence-electron chi connectivity index (χ3n) is 5.49. The summed E-state index contributed by atoms with van der Waals surface area (Å²) in [7, 11) is 1.58. The topological polar surface area (TPSA) is 130 Å². The summed E-state index contributed by atoms with van der Waals surface area (Å²) in [6, 6.07) is 17.5. The molecule has 11 nitrogen and oxygen atoms in total. The van der Waals surface area contributed by atoms with Crippen LogP contribution in [0.25, 0.3) is 28.0 Å². The third kappa shape index (κ3) is 4.79. The van der Waals surface area contributed by atoms with Crippen LogP contribution in [0, 0.1) is 0 Å². The van der Waals surface area contributed by atoms with Gasteiger partial charge in [-0.3, -0.25) is 4.79 Å². The van der Waals surface area contributed by atoms with Crippen LogP contribution >= 0.6 is 0 Å². The first-order valence-electron chi connectivity index (χ1n) is 11.6. The Morgan fingerprint density at radius 1 is 1.03 bits per heavy atom. The van der Waals surface area contributed by atoms with Gasteiger partial charge in [0.1, 0.15) is 17.9 Å². The van der Waals surface area contributed by atoms with Crippen molar-refractivity contribution in [2.24, 2.45) is 0 Å². The van der Waals surface area contributed by atoms with Crippen molar-refractivity contribution in [1.82, 2.24) is 25.1 Å². The average Bonchev–Trinajstić information content (AvgIpc) is 3.34. The van der Waals surface area contributed by atoms with Gasteiger partial charge in [-0.15, -0.1) is 15.3 Å². The van der Waals surface area contributed by atoms with Crippen LogP contribution in [0.1, 0.15) is 17.3 Å². The first-order valence-corrected chi connectivity index (χ1v) is 11.6. The van der Waals surface area contributed by atoms with Gasteiger partial charge < -0.3 is 23.9 Å². The second-order valence-electron chi connectivity index (χ2n) is 7.82. The van der Waals surface area contributed by atoms with E-state index in [2.05, 4.69) is 20.6 Å². The molecule has 3 aromatic heterocycles. The van der Waals surface area contributed by atoms with Crippen molar-refractivity contribution in [3.05, 3.63) is 76.6 Å². The molecule has 0 aliphatic rings. The van der Waals surface area contributed by atoms with E-state index in [0.717, 1.165) is 5.56 Å². The molecular formula is C26H23N5O6. The molecule has 188 valence electrons. The van der Waals surface area contributed by atoms with Crippen LogP contribution in [0.4, 0.5) is 0 Å². The van der Waals surface area contributed by atoms with E-state index in [4.69, 9.17) is 18.6 Å². The lowest BCUT2D eigenvalue weighted by Gasteiger charge is -2.09. The van der Waals surface area contributed by atoms with Gasteiger partial charge in [0, 0.05) is 11.5 Å². The molecule has 0 atom stereocenters. The molecule has 1 amide bonds. The fraction of sp³-hybridized carbons (Fsp3) is 0.192. The van der Waals surface area contributed by atoms with Crippen LogP contribution in [0.2, 0.25) is 0 Å². The average molecular weight is 501 g/mol. The molecule has 5 aromatic rings. The molecule has 0 bridgehead atoms. The minimum Gasteiger partial charge on any atom is -0.496 e. The van der Waals surface area contributed by atoms with Crippen molar-refractivity contribution in [3.8, 4) is 28.8 Å². The van der Waals surface area contributed by atoms with Gasteiger partial charge in [-0.05, 0) is 37.3 Å². The summed E-state index contributed by atoms with van der Waals surface area (Å²) in [6.07, 6.45) is 0. The molecule has 0 saturated carbocycles. The first-order chi connectivity index (χ1) is 18.1. The molecule has 0 radical (unpaired) electrons. The zero-order valence-corrected chi connectivity index (χ0v) is 20.1. The predicted octanol–water partition coefficient (Wildman–Crippen LogP) is 3.11. The lowest BCUT2D eigenvalue weighted by molar-refractivity contribution is 0.0943. The zero-order valence-electron chi connectivity index (χ0n) is 20.1. The highest BCUT2D eigenvalue weighted by molar-refractivity contribution is 5.97. The molecule has 0 aliphatic carbocycles. The van der Waals surface area contributed by atoms with Gasteiger partial charge in [-0.25, -0.2) is 4.79 Å². The number of benzene rings is 2. The number of ether oxygens (including phenoxy) is 3. The van der Waals surface area contributed by atoms with Crippen molar-refractivity contribution >= 4 is 22.5 Å². The number of rotatable bonds is 9. The van der Waals surface area contributed by atoms with Gasteiger partial charge in [-0.2, -0.15) is 4.52 Å². The van der Waals surface area contributed by atoms with Crippen molar-refractivity contribution in [1.29, 1.82) is 0 Å². The molecule has 0 aliphatic heterocycles. The van der Waals surface area contributed by atoms with Gasteiger partial charge >= 0.3 is 5.63 Å². The Bertz CT molecular complexity index is 1640. The minimum absolute atomic E-state index is 0.105. The Morgan fingerprint density at radius 3 is 2.70 bits per heavy atom. The molecule has 11 heteroatoms. The van der Waals surface area contributed by atoms with Crippen LogP contribution < -0.4 is 25.2 Å².